The van der Waals surface area contributed by atoms with E-state index in [2.05, 4.69) is 0 Å². The molecule has 0 bridgehead atoms. The van der Waals surface area contributed by atoms with Crippen LogP contribution in [0, 0.1) is 0 Å². The Bertz CT molecular complexity index is 1290. The number of anilines is 4. The molecular weight excluding hydrogens is 404 g/mol. The standard InChI is InChI=1S/C25H22N4O3/c26-16-9-11-21(19(28)13-16)31-23-8-4-7-18(24(30)15-5-2-1-3-6-15)25(23)32-22-12-10-17(27)14-20(22)29/h1-14H,26-29H2. The zero-order valence-corrected chi connectivity index (χ0v) is 17.1. The second-order valence-electron chi connectivity index (χ2n) is 7.13. The van der Waals surface area contributed by atoms with Gasteiger partial charge in [-0.3, -0.25) is 4.79 Å². The predicted octanol–water partition coefficient (Wildman–Crippen LogP) is 4.83. The molecule has 4 rings (SSSR count). The van der Waals surface area contributed by atoms with Gasteiger partial charge in [0.05, 0.1) is 16.9 Å². The first-order chi connectivity index (χ1) is 15.4. The van der Waals surface area contributed by atoms with Crippen LogP contribution in [0.2, 0.25) is 0 Å². The van der Waals surface area contributed by atoms with Crippen LogP contribution < -0.4 is 32.4 Å². The van der Waals surface area contributed by atoms with Gasteiger partial charge in [0.1, 0.15) is 0 Å². The van der Waals surface area contributed by atoms with Crippen LogP contribution in [-0.2, 0) is 0 Å². The first-order valence-corrected chi connectivity index (χ1v) is 9.81. The van der Waals surface area contributed by atoms with Gasteiger partial charge in [0.2, 0.25) is 0 Å². The van der Waals surface area contributed by atoms with E-state index in [0.717, 1.165) is 0 Å². The number of nitrogen functional groups attached to an aromatic ring is 4. The highest BCUT2D eigenvalue weighted by atomic mass is 16.5. The smallest absolute Gasteiger partial charge is 0.196 e. The van der Waals surface area contributed by atoms with Crippen molar-refractivity contribution in [3.8, 4) is 23.0 Å². The summed E-state index contributed by atoms with van der Waals surface area (Å²) < 4.78 is 12.1. The molecule has 0 saturated carbocycles. The number of para-hydroxylation sites is 1. The van der Waals surface area contributed by atoms with Crippen LogP contribution in [0.4, 0.5) is 22.7 Å². The van der Waals surface area contributed by atoms with E-state index in [0.29, 0.717) is 51.1 Å². The number of carbonyl (C=O) groups excluding carboxylic acids is 1. The van der Waals surface area contributed by atoms with E-state index in [1.807, 2.05) is 6.07 Å². The molecule has 0 radical (unpaired) electrons. The maximum atomic E-state index is 13.3. The summed E-state index contributed by atoms with van der Waals surface area (Å²) in [5.74, 6) is 0.972. The minimum atomic E-state index is -0.231. The van der Waals surface area contributed by atoms with Gasteiger partial charge < -0.3 is 32.4 Å². The Morgan fingerprint density at radius 1 is 0.594 bits per heavy atom. The highest BCUT2D eigenvalue weighted by molar-refractivity contribution is 6.11. The second-order valence-corrected chi connectivity index (χ2v) is 7.13. The fraction of sp³-hybridized carbons (Fsp3) is 0. The fourth-order valence-corrected chi connectivity index (χ4v) is 3.17. The number of hydrogen-bond acceptors (Lipinski definition) is 7. The third-order valence-electron chi connectivity index (χ3n) is 4.76. The Morgan fingerprint density at radius 3 is 1.78 bits per heavy atom. The lowest BCUT2D eigenvalue weighted by Crippen LogP contribution is -2.06. The molecule has 0 aliphatic heterocycles. The first-order valence-electron chi connectivity index (χ1n) is 9.81. The molecule has 0 aliphatic rings. The van der Waals surface area contributed by atoms with E-state index in [9.17, 15) is 4.79 Å². The van der Waals surface area contributed by atoms with Crippen LogP contribution in [0.15, 0.2) is 84.9 Å². The van der Waals surface area contributed by atoms with E-state index in [-0.39, 0.29) is 11.5 Å². The van der Waals surface area contributed by atoms with Crippen LogP contribution in [0.5, 0.6) is 23.0 Å². The zero-order valence-electron chi connectivity index (χ0n) is 17.1. The van der Waals surface area contributed by atoms with Gasteiger partial charge in [0.15, 0.2) is 28.8 Å². The molecule has 0 saturated heterocycles. The summed E-state index contributed by atoms with van der Waals surface area (Å²) in [5, 5.41) is 0. The van der Waals surface area contributed by atoms with E-state index in [4.69, 9.17) is 32.4 Å². The normalized spacial score (nSPS) is 10.5. The Labute approximate surface area is 185 Å². The Morgan fingerprint density at radius 2 is 1.19 bits per heavy atom. The molecule has 4 aromatic rings. The molecule has 8 N–H and O–H groups in total. The predicted molar refractivity (Wildman–Crippen MR) is 127 cm³/mol. The number of nitrogens with two attached hydrogens (primary N) is 4. The van der Waals surface area contributed by atoms with Gasteiger partial charge in [0.25, 0.3) is 0 Å². The number of ketones is 1. The average molecular weight is 426 g/mol. The molecule has 0 amide bonds. The van der Waals surface area contributed by atoms with Gasteiger partial charge in [-0.2, -0.15) is 0 Å². The molecule has 0 aliphatic carbocycles. The molecule has 7 nitrogen and oxygen atoms in total. The van der Waals surface area contributed by atoms with Crippen molar-refractivity contribution in [3.63, 3.8) is 0 Å². The molecule has 0 fully saturated rings. The second kappa shape index (κ2) is 8.61. The van der Waals surface area contributed by atoms with Crippen LogP contribution in [0.3, 0.4) is 0 Å². The monoisotopic (exact) mass is 426 g/mol. The maximum Gasteiger partial charge on any atom is 0.196 e. The molecule has 0 spiro atoms. The third kappa shape index (κ3) is 4.27. The Kier molecular flexibility index (Phi) is 5.55. The molecule has 0 atom stereocenters. The number of ether oxygens (including phenoxy) is 2. The molecule has 0 aromatic heterocycles. The van der Waals surface area contributed by atoms with E-state index in [1.54, 1.807) is 78.9 Å². The first kappa shape index (κ1) is 20.6. The van der Waals surface area contributed by atoms with Crippen molar-refractivity contribution < 1.29 is 14.3 Å². The summed E-state index contributed by atoms with van der Waals surface area (Å²) in [5.41, 5.74) is 26.2. The van der Waals surface area contributed by atoms with Gasteiger partial charge in [0, 0.05) is 16.9 Å². The summed E-state index contributed by atoms with van der Waals surface area (Å²) in [4.78, 5) is 13.3. The zero-order chi connectivity index (χ0) is 22.7. The van der Waals surface area contributed by atoms with Gasteiger partial charge >= 0.3 is 0 Å². The van der Waals surface area contributed by atoms with Crippen molar-refractivity contribution in [2.45, 2.75) is 0 Å². The topological polar surface area (TPSA) is 140 Å². The van der Waals surface area contributed by atoms with Crippen molar-refractivity contribution >= 4 is 28.5 Å². The average Bonchev–Trinajstić information content (AvgIpc) is 2.78. The van der Waals surface area contributed by atoms with Crippen LogP contribution in [0.1, 0.15) is 15.9 Å². The Balaban J connectivity index is 1.82. The van der Waals surface area contributed by atoms with Crippen molar-refractivity contribution in [1.29, 1.82) is 0 Å². The summed E-state index contributed by atoms with van der Waals surface area (Å²) in [6.07, 6.45) is 0. The highest BCUT2D eigenvalue weighted by Crippen LogP contribution is 2.41. The van der Waals surface area contributed by atoms with Crippen molar-refractivity contribution in [3.05, 3.63) is 96.1 Å². The lowest BCUT2D eigenvalue weighted by atomic mass is 10.0. The number of benzene rings is 4. The molecule has 4 aromatic carbocycles. The van der Waals surface area contributed by atoms with Crippen molar-refractivity contribution in [2.24, 2.45) is 0 Å². The summed E-state index contributed by atoms with van der Waals surface area (Å²) in [6, 6.07) is 23.7. The van der Waals surface area contributed by atoms with Crippen LogP contribution >= 0.6 is 0 Å². The number of hydrogen-bond donors (Lipinski definition) is 4. The molecule has 32 heavy (non-hydrogen) atoms. The summed E-state index contributed by atoms with van der Waals surface area (Å²) in [7, 11) is 0. The quantitative estimate of drug-likeness (QED) is 0.256. The van der Waals surface area contributed by atoms with Crippen LogP contribution in [0.25, 0.3) is 0 Å². The molecular formula is C25H22N4O3. The SMILES string of the molecule is Nc1ccc(Oc2cccc(C(=O)c3ccccc3)c2Oc2ccc(N)cc2N)c(N)c1. The van der Waals surface area contributed by atoms with Gasteiger partial charge in [-0.05, 0) is 48.5 Å². The molecule has 0 unspecified atom stereocenters. The van der Waals surface area contributed by atoms with E-state index >= 15 is 0 Å². The maximum absolute atomic E-state index is 13.3. The summed E-state index contributed by atoms with van der Waals surface area (Å²) >= 11 is 0. The minimum absolute atomic E-state index is 0.203. The molecule has 0 heterocycles. The summed E-state index contributed by atoms with van der Waals surface area (Å²) in [6.45, 7) is 0. The number of rotatable bonds is 6. The highest BCUT2D eigenvalue weighted by Gasteiger charge is 2.21. The third-order valence-corrected chi connectivity index (χ3v) is 4.76. The number of carbonyl (C=O) groups is 1. The van der Waals surface area contributed by atoms with Crippen molar-refractivity contribution in [2.75, 3.05) is 22.9 Å². The van der Waals surface area contributed by atoms with E-state index < -0.39 is 0 Å². The Hall–Kier alpha value is -4.65. The van der Waals surface area contributed by atoms with Gasteiger partial charge in [-0.25, -0.2) is 0 Å². The lowest BCUT2D eigenvalue weighted by molar-refractivity contribution is 0.103. The van der Waals surface area contributed by atoms with Gasteiger partial charge in [-0.1, -0.05) is 36.4 Å². The molecule has 7 heteroatoms. The van der Waals surface area contributed by atoms with Crippen LogP contribution in [-0.4, -0.2) is 5.78 Å². The van der Waals surface area contributed by atoms with Crippen molar-refractivity contribution in [1.82, 2.24) is 0 Å². The van der Waals surface area contributed by atoms with E-state index in [1.165, 1.54) is 0 Å². The fourth-order valence-electron chi connectivity index (χ4n) is 3.17. The lowest BCUT2D eigenvalue weighted by Gasteiger charge is -2.17. The minimum Gasteiger partial charge on any atom is -0.451 e. The molecule has 160 valence electrons. The largest absolute Gasteiger partial charge is 0.451 e. The van der Waals surface area contributed by atoms with Gasteiger partial charge in [-0.15, -0.1) is 0 Å².